The maximum absolute atomic E-state index is 12.4. The van der Waals surface area contributed by atoms with E-state index in [1.807, 2.05) is 18.7 Å². The van der Waals surface area contributed by atoms with E-state index in [0.717, 1.165) is 32.2 Å². The van der Waals surface area contributed by atoms with Gasteiger partial charge in [0.05, 0.1) is 6.61 Å². The van der Waals surface area contributed by atoms with Crippen LogP contribution < -0.4 is 0 Å². The molecule has 1 aliphatic carbocycles. The molecule has 116 valence electrons. The van der Waals surface area contributed by atoms with Crippen molar-refractivity contribution in [2.24, 2.45) is 11.8 Å². The fourth-order valence-corrected chi connectivity index (χ4v) is 3.08. The first kappa shape index (κ1) is 17.0. The Morgan fingerprint density at radius 2 is 1.75 bits per heavy atom. The van der Waals surface area contributed by atoms with Crippen LogP contribution in [0.3, 0.4) is 0 Å². The van der Waals surface area contributed by atoms with Crippen LogP contribution in [-0.2, 0) is 14.3 Å². The van der Waals surface area contributed by atoms with Crippen LogP contribution in [0.2, 0.25) is 0 Å². The van der Waals surface area contributed by atoms with Gasteiger partial charge in [0, 0.05) is 24.9 Å². The van der Waals surface area contributed by atoms with Gasteiger partial charge in [-0.3, -0.25) is 9.59 Å². The first-order chi connectivity index (χ1) is 9.49. The predicted octanol–water partition coefficient (Wildman–Crippen LogP) is 3.00. The highest BCUT2D eigenvalue weighted by atomic mass is 16.5. The third-order valence-corrected chi connectivity index (χ3v) is 4.20. The van der Waals surface area contributed by atoms with Gasteiger partial charge in [0.15, 0.2) is 0 Å². The molecule has 0 aromatic carbocycles. The minimum absolute atomic E-state index is 0.0976. The van der Waals surface area contributed by atoms with Crippen LogP contribution >= 0.6 is 0 Å². The fraction of sp³-hybridized carbons (Fsp3) is 0.875. The summed E-state index contributed by atoms with van der Waals surface area (Å²) in [6.45, 7) is 9.22. The smallest absolute Gasteiger partial charge is 0.306 e. The summed E-state index contributed by atoms with van der Waals surface area (Å²) < 4.78 is 4.99. The Balaban J connectivity index is 2.41. The van der Waals surface area contributed by atoms with Gasteiger partial charge >= 0.3 is 5.97 Å². The second kappa shape index (κ2) is 8.28. The van der Waals surface area contributed by atoms with Crippen molar-refractivity contribution in [3.05, 3.63) is 0 Å². The van der Waals surface area contributed by atoms with E-state index in [9.17, 15) is 9.59 Å². The molecule has 0 saturated heterocycles. The highest BCUT2D eigenvalue weighted by molar-refractivity contribution is 5.79. The van der Waals surface area contributed by atoms with Gasteiger partial charge in [-0.2, -0.15) is 0 Å². The summed E-state index contributed by atoms with van der Waals surface area (Å²) in [5.74, 6) is 0.736. The van der Waals surface area contributed by atoms with Crippen molar-refractivity contribution in [1.82, 2.24) is 4.90 Å². The van der Waals surface area contributed by atoms with Gasteiger partial charge in [-0.25, -0.2) is 0 Å². The van der Waals surface area contributed by atoms with Gasteiger partial charge in [0.2, 0.25) is 5.91 Å². The van der Waals surface area contributed by atoms with E-state index in [-0.39, 0.29) is 23.8 Å². The normalized spacial score (nSPS) is 22.6. The molecule has 0 aromatic heterocycles. The molecule has 0 unspecified atom stereocenters. The van der Waals surface area contributed by atoms with E-state index in [2.05, 4.69) is 13.8 Å². The number of hydrogen-bond donors (Lipinski definition) is 0. The number of ether oxygens (including phenoxy) is 1. The van der Waals surface area contributed by atoms with E-state index in [0.29, 0.717) is 18.9 Å². The van der Waals surface area contributed by atoms with Gasteiger partial charge in [0.1, 0.15) is 0 Å². The average Bonchev–Trinajstić information content (AvgIpc) is 2.40. The minimum Gasteiger partial charge on any atom is -0.466 e. The maximum Gasteiger partial charge on any atom is 0.306 e. The van der Waals surface area contributed by atoms with Crippen molar-refractivity contribution in [1.29, 1.82) is 0 Å². The first-order valence-electron chi connectivity index (χ1n) is 7.95. The average molecular weight is 283 g/mol. The Kier molecular flexibility index (Phi) is 7.03. The first-order valence-corrected chi connectivity index (χ1v) is 7.95. The molecule has 4 nitrogen and oxygen atoms in total. The number of nitrogens with zero attached hydrogens (tertiary/aromatic N) is 1. The number of hydrogen-bond acceptors (Lipinski definition) is 3. The van der Waals surface area contributed by atoms with E-state index in [4.69, 9.17) is 4.74 Å². The van der Waals surface area contributed by atoms with Crippen LogP contribution in [-0.4, -0.2) is 36.0 Å². The number of rotatable bonds is 6. The fourth-order valence-electron chi connectivity index (χ4n) is 3.08. The molecule has 20 heavy (non-hydrogen) atoms. The molecule has 0 heterocycles. The molecule has 0 atom stereocenters. The summed E-state index contributed by atoms with van der Waals surface area (Å²) in [5, 5.41) is 0. The SMILES string of the molecule is CCOC(=O)C[C@H]1CC[C@H](C(=O)N(CC)C(C)C)CC1. The van der Waals surface area contributed by atoms with Crippen LogP contribution in [0.4, 0.5) is 0 Å². The molecular formula is C16H29NO3. The minimum atomic E-state index is -0.0976. The Bertz CT molecular complexity index is 320. The third kappa shape index (κ3) is 4.80. The molecule has 0 bridgehead atoms. The molecule has 4 heteroatoms. The van der Waals surface area contributed by atoms with Gasteiger partial charge in [-0.15, -0.1) is 0 Å². The zero-order valence-corrected chi connectivity index (χ0v) is 13.4. The van der Waals surface area contributed by atoms with Crippen molar-refractivity contribution in [2.45, 2.75) is 65.8 Å². The van der Waals surface area contributed by atoms with Gasteiger partial charge < -0.3 is 9.64 Å². The van der Waals surface area contributed by atoms with Crippen LogP contribution in [0.1, 0.15) is 59.8 Å². The van der Waals surface area contributed by atoms with Gasteiger partial charge in [-0.1, -0.05) is 0 Å². The largest absolute Gasteiger partial charge is 0.466 e. The number of carbonyl (C=O) groups is 2. The summed E-state index contributed by atoms with van der Waals surface area (Å²) in [6.07, 6.45) is 4.25. The van der Waals surface area contributed by atoms with Crippen LogP contribution in [0, 0.1) is 11.8 Å². The lowest BCUT2D eigenvalue weighted by Crippen LogP contribution is -2.41. The molecule has 0 aliphatic heterocycles. The van der Waals surface area contributed by atoms with E-state index < -0.39 is 0 Å². The van der Waals surface area contributed by atoms with Gasteiger partial charge in [-0.05, 0) is 59.3 Å². The topological polar surface area (TPSA) is 46.6 Å². The predicted molar refractivity (Wildman–Crippen MR) is 79.2 cm³/mol. The standard InChI is InChI=1S/C16H29NO3/c1-5-17(12(3)4)16(19)14-9-7-13(8-10-14)11-15(18)20-6-2/h12-14H,5-11H2,1-4H3/t13-,14-. The number of amides is 1. The zero-order chi connectivity index (χ0) is 15.1. The van der Waals surface area contributed by atoms with Gasteiger partial charge in [0.25, 0.3) is 0 Å². The molecule has 1 amide bonds. The second-order valence-electron chi connectivity index (χ2n) is 5.94. The van der Waals surface area contributed by atoms with E-state index in [1.165, 1.54) is 0 Å². The molecule has 0 spiro atoms. The van der Waals surface area contributed by atoms with Crippen LogP contribution in [0.5, 0.6) is 0 Å². The molecular weight excluding hydrogens is 254 g/mol. The molecule has 1 fully saturated rings. The lowest BCUT2D eigenvalue weighted by Gasteiger charge is -2.33. The highest BCUT2D eigenvalue weighted by Crippen LogP contribution is 2.32. The molecule has 1 aliphatic rings. The highest BCUT2D eigenvalue weighted by Gasteiger charge is 2.30. The Morgan fingerprint density at radius 3 is 2.20 bits per heavy atom. The van der Waals surface area contributed by atoms with E-state index >= 15 is 0 Å². The van der Waals surface area contributed by atoms with E-state index in [1.54, 1.807) is 0 Å². The summed E-state index contributed by atoms with van der Waals surface area (Å²) in [4.78, 5) is 25.9. The monoisotopic (exact) mass is 283 g/mol. The molecule has 0 aromatic rings. The van der Waals surface area contributed by atoms with Crippen molar-refractivity contribution in [2.75, 3.05) is 13.2 Å². The summed E-state index contributed by atoms with van der Waals surface area (Å²) >= 11 is 0. The lowest BCUT2D eigenvalue weighted by atomic mass is 9.80. The third-order valence-electron chi connectivity index (χ3n) is 4.20. The molecule has 1 saturated carbocycles. The molecule has 0 radical (unpaired) electrons. The lowest BCUT2D eigenvalue weighted by molar-refractivity contribution is -0.144. The quantitative estimate of drug-likeness (QED) is 0.704. The number of carbonyl (C=O) groups excluding carboxylic acids is 2. The Labute approximate surface area is 122 Å². The van der Waals surface area contributed by atoms with Crippen molar-refractivity contribution >= 4 is 11.9 Å². The summed E-state index contributed by atoms with van der Waals surface area (Å²) in [6, 6.07) is 0.268. The van der Waals surface area contributed by atoms with Crippen molar-refractivity contribution < 1.29 is 14.3 Å². The molecule has 0 N–H and O–H groups in total. The summed E-state index contributed by atoms with van der Waals surface area (Å²) in [7, 11) is 0. The van der Waals surface area contributed by atoms with Crippen molar-refractivity contribution in [3.63, 3.8) is 0 Å². The van der Waals surface area contributed by atoms with Crippen LogP contribution in [0.15, 0.2) is 0 Å². The number of esters is 1. The summed E-state index contributed by atoms with van der Waals surface area (Å²) in [5.41, 5.74) is 0. The second-order valence-corrected chi connectivity index (χ2v) is 5.94. The molecule has 1 rings (SSSR count). The Morgan fingerprint density at radius 1 is 1.15 bits per heavy atom. The zero-order valence-electron chi connectivity index (χ0n) is 13.4. The Hall–Kier alpha value is -1.06. The van der Waals surface area contributed by atoms with Crippen LogP contribution in [0.25, 0.3) is 0 Å². The maximum atomic E-state index is 12.4. The van der Waals surface area contributed by atoms with Crippen molar-refractivity contribution in [3.8, 4) is 0 Å².